The predicted molar refractivity (Wildman–Crippen MR) is 57.7 cm³/mol. The van der Waals surface area contributed by atoms with Crippen LogP contribution in [0, 0.1) is 12.7 Å². The van der Waals surface area contributed by atoms with E-state index in [9.17, 15) is 9.18 Å². The van der Waals surface area contributed by atoms with Crippen molar-refractivity contribution in [2.45, 2.75) is 6.92 Å². The fourth-order valence-corrected chi connectivity index (χ4v) is 2.16. The summed E-state index contributed by atoms with van der Waals surface area (Å²) in [5.74, 6) is -1.52. The molecule has 5 heteroatoms. The van der Waals surface area contributed by atoms with Gasteiger partial charge in [0.05, 0.1) is 11.1 Å². The minimum atomic E-state index is -1.06. The van der Waals surface area contributed by atoms with Crippen molar-refractivity contribution in [3.05, 3.63) is 33.7 Å². The number of aromatic carboxylic acids is 1. The lowest BCUT2D eigenvalue weighted by molar-refractivity contribution is 0.0698. The molecule has 0 aliphatic rings. The van der Waals surface area contributed by atoms with Gasteiger partial charge in [-0.05, 0) is 35.0 Å². The number of fused-ring (bicyclic) bond motifs is 1. The Bertz CT molecular complexity index is 562. The van der Waals surface area contributed by atoms with E-state index in [0.29, 0.717) is 21.1 Å². The van der Waals surface area contributed by atoms with E-state index in [1.807, 2.05) is 0 Å². The smallest absolute Gasteiger partial charge is 0.338 e. The largest absolute Gasteiger partial charge is 0.478 e. The third-order valence-electron chi connectivity index (χ3n) is 2.23. The Balaban J connectivity index is 2.93. The van der Waals surface area contributed by atoms with Crippen LogP contribution in [-0.4, -0.2) is 16.1 Å². The third kappa shape index (κ3) is 1.52. The number of carboxylic acid groups (broad SMARTS) is 1. The summed E-state index contributed by atoms with van der Waals surface area (Å²) in [4.78, 5) is 13.9. The molecule has 1 aromatic carbocycles. The maximum atomic E-state index is 13.1. The van der Waals surface area contributed by atoms with Gasteiger partial charge >= 0.3 is 5.97 Å². The molecular formula is C10H7BrFNO2. The van der Waals surface area contributed by atoms with Gasteiger partial charge < -0.3 is 10.1 Å². The molecule has 2 aromatic rings. The van der Waals surface area contributed by atoms with Crippen LogP contribution in [0.25, 0.3) is 10.9 Å². The normalized spacial score (nSPS) is 10.9. The van der Waals surface area contributed by atoms with Crippen LogP contribution in [-0.2, 0) is 0 Å². The first-order valence-electron chi connectivity index (χ1n) is 4.21. The number of hydrogen-bond acceptors (Lipinski definition) is 1. The number of H-pyrrole nitrogens is 1. The van der Waals surface area contributed by atoms with E-state index >= 15 is 0 Å². The average molecular weight is 272 g/mol. The summed E-state index contributed by atoms with van der Waals surface area (Å²) in [7, 11) is 0. The molecule has 0 atom stereocenters. The van der Waals surface area contributed by atoms with Gasteiger partial charge in [0.1, 0.15) is 5.82 Å². The SMILES string of the molecule is Cc1[nH]c2c(Br)cc(F)cc2c1C(=O)O. The summed E-state index contributed by atoms with van der Waals surface area (Å²) in [6, 6.07) is 2.51. The number of benzene rings is 1. The van der Waals surface area contributed by atoms with Crippen molar-refractivity contribution in [3.8, 4) is 0 Å². The second-order valence-electron chi connectivity index (χ2n) is 3.24. The van der Waals surface area contributed by atoms with E-state index in [0.717, 1.165) is 0 Å². The summed E-state index contributed by atoms with van der Waals surface area (Å²) in [6.07, 6.45) is 0. The highest BCUT2D eigenvalue weighted by Crippen LogP contribution is 2.29. The summed E-state index contributed by atoms with van der Waals surface area (Å²) >= 11 is 3.18. The Morgan fingerprint density at radius 3 is 2.80 bits per heavy atom. The summed E-state index contributed by atoms with van der Waals surface area (Å²) in [5.41, 5.74) is 1.24. The first-order chi connectivity index (χ1) is 7.00. The maximum absolute atomic E-state index is 13.1. The molecule has 0 aliphatic carbocycles. The Morgan fingerprint density at radius 1 is 1.53 bits per heavy atom. The lowest BCUT2D eigenvalue weighted by atomic mass is 10.1. The zero-order chi connectivity index (χ0) is 11.2. The van der Waals surface area contributed by atoms with Crippen LogP contribution in [0.1, 0.15) is 16.1 Å². The number of nitrogens with one attached hydrogen (secondary N) is 1. The first-order valence-corrected chi connectivity index (χ1v) is 5.00. The number of hydrogen-bond donors (Lipinski definition) is 2. The number of carbonyl (C=O) groups is 1. The van der Waals surface area contributed by atoms with Crippen molar-refractivity contribution in [2.75, 3.05) is 0 Å². The summed E-state index contributed by atoms with van der Waals surface area (Å²) in [5, 5.41) is 9.36. The van der Waals surface area contributed by atoms with E-state index in [4.69, 9.17) is 5.11 Å². The number of rotatable bonds is 1. The second-order valence-corrected chi connectivity index (χ2v) is 4.09. The highest BCUT2D eigenvalue weighted by molar-refractivity contribution is 9.10. The van der Waals surface area contributed by atoms with E-state index in [1.54, 1.807) is 6.92 Å². The van der Waals surface area contributed by atoms with E-state index < -0.39 is 11.8 Å². The number of aromatic amines is 1. The fourth-order valence-electron chi connectivity index (χ4n) is 1.63. The summed E-state index contributed by atoms with van der Waals surface area (Å²) < 4.78 is 13.6. The van der Waals surface area contributed by atoms with Crippen molar-refractivity contribution in [1.82, 2.24) is 4.98 Å². The molecule has 0 fully saturated rings. The topological polar surface area (TPSA) is 53.1 Å². The van der Waals surface area contributed by atoms with Crippen molar-refractivity contribution < 1.29 is 14.3 Å². The van der Waals surface area contributed by atoms with Crippen LogP contribution in [0.5, 0.6) is 0 Å². The van der Waals surface area contributed by atoms with Gasteiger partial charge in [0.2, 0.25) is 0 Å². The van der Waals surface area contributed by atoms with Gasteiger partial charge in [0.15, 0.2) is 0 Å². The molecule has 0 bridgehead atoms. The molecule has 0 radical (unpaired) electrons. The van der Waals surface area contributed by atoms with Gasteiger partial charge in [0.25, 0.3) is 0 Å². The van der Waals surface area contributed by atoms with Gasteiger partial charge in [-0.3, -0.25) is 0 Å². The van der Waals surface area contributed by atoms with Gasteiger partial charge in [-0.1, -0.05) is 0 Å². The van der Waals surface area contributed by atoms with Crippen LogP contribution < -0.4 is 0 Å². The van der Waals surface area contributed by atoms with Gasteiger partial charge in [-0.2, -0.15) is 0 Å². The van der Waals surface area contributed by atoms with Crippen molar-refractivity contribution in [1.29, 1.82) is 0 Å². The molecule has 3 nitrogen and oxygen atoms in total. The first kappa shape index (κ1) is 10.2. The minimum Gasteiger partial charge on any atom is -0.478 e. The molecule has 0 unspecified atom stereocenters. The molecule has 0 spiro atoms. The lowest BCUT2D eigenvalue weighted by Gasteiger charge is -1.96. The van der Waals surface area contributed by atoms with Crippen molar-refractivity contribution >= 4 is 32.8 Å². The molecule has 0 saturated carbocycles. The zero-order valence-electron chi connectivity index (χ0n) is 7.77. The highest BCUT2D eigenvalue weighted by Gasteiger charge is 2.17. The molecule has 2 rings (SSSR count). The Hall–Kier alpha value is -1.36. The van der Waals surface area contributed by atoms with E-state index in [2.05, 4.69) is 20.9 Å². The standard InChI is InChI=1S/C10H7BrFNO2/c1-4-8(10(14)15)6-2-5(12)3-7(11)9(6)13-4/h2-3,13H,1H3,(H,14,15). The number of halogens is 2. The molecule has 0 amide bonds. The van der Waals surface area contributed by atoms with E-state index in [1.165, 1.54) is 12.1 Å². The molecular weight excluding hydrogens is 265 g/mol. The molecule has 1 aromatic heterocycles. The number of aryl methyl sites for hydroxylation is 1. The van der Waals surface area contributed by atoms with Crippen LogP contribution in [0.15, 0.2) is 16.6 Å². The third-order valence-corrected chi connectivity index (χ3v) is 2.85. The van der Waals surface area contributed by atoms with Crippen LogP contribution in [0.4, 0.5) is 4.39 Å². The van der Waals surface area contributed by atoms with Crippen LogP contribution >= 0.6 is 15.9 Å². The molecule has 0 saturated heterocycles. The quantitative estimate of drug-likeness (QED) is 0.838. The monoisotopic (exact) mass is 271 g/mol. The Labute approximate surface area is 93.0 Å². The fraction of sp³-hybridized carbons (Fsp3) is 0.100. The minimum absolute atomic E-state index is 0.116. The Kier molecular flexibility index (Phi) is 2.26. The number of aromatic nitrogens is 1. The van der Waals surface area contributed by atoms with Crippen LogP contribution in [0.3, 0.4) is 0 Å². The molecule has 2 N–H and O–H groups in total. The predicted octanol–water partition coefficient (Wildman–Crippen LogP) is 3.08. The maximum Gasteiger partial charge on any atom is 0.338 e. The van der Waals surface area contributed by atoms with Crippen molar-refractivity contribution in [2.24, 2.45) is 0 Å². The van der Waals surface area contributed by atoms with Crippen molar-refractivity contribution in [3.63, 3.8) is 0 Å². The molecule has 1 heterocycles. The van der Waals surface area contributed by atoms with Gasteiger partial charge in [0, 0.05) is 15.6 Å². The highest BCUT2D eigenvalue weighted by atomic mass is 79.9. The second kappa shape index (κ2) is 3.34. The molecule has 15 heavy (non-hydrogen) atoms. The van der Waals surface area contributed by atoms with E-state index in [-0.39, 0.29) is 5.56 Å². The van der Waals surface area contributed by atoms with Crippen LogP contribution in [0.2, 0.25) is 0 Å². The zero-order valence-corrected chi connectivity index (χ0v) is 9.35. The number of carboxylic acids is 1. The molecule has 78 valence electrons. The van der Waals surface area contributed by atoms with Gasteiger partial charge in [-0.25, -0.2) is 9.18 Å². The average Bonchev–Trinajstić information content (AvgIpc) is 2.41. The lowest BCUT2D eigenvalue weighted by Crippen LogP contribution is -1.97. The Morgan fingerprint density at radius 2 is 2.20 bits per heavy atom. The van der Waals surface area contributed by atoms with Gasteiger partial charge in [-0.15, -0.1) is 0 Å². The molecule has 0 aliphatic heterocycles. The summed E-state index contributed by atoms with van der Waals surface area (Å²) in [6.45, 7) is 1.65.